The van der Waals surface area contributed by atoms with E-state index in [1.54, 1.807) is 24.5 Å². The van der Waals surface area contributed by atoms with Gasteiger partial charge in [-0.1, -0.05) is 6.07 Å². The van der Waals surface area contributed by atoms with E-state index in [4.69, 9.17) is 14.2 Å². The van der Waals surface area contributed by atoms with Gasteiger partial charge in [0.15, 0.2) is 11.6 Å². The molecule has 9 nitrogen and oxygen atoms in total. The van der Waals surface area contributed by atoms with Gasteiger partial charge in [-0.3, -0.25) is 9.78 Å². The zero-order valence-corrected chi connectivity index (χ0v) is 18.7. The average Bonchev–Trinajstić information content (AvgIpc) is 3.23. The first-order valence-corrected chi connectivity index (χ1v) is 11.2. The number of fused-ring (bicyclic) bond motifs is 1. The Hall–Kier alpha value is -3.63. The molecule has 2 aromatic heterocycles. The van der Waals surface area contributed by atoms with Crippen LogP contribution in [0.15, 0.2) is 36.7 Å². The quantitative estimate of drug-likeness (QED) is 0.423. The normalized spacial score (nSPS) is 17.6. The summed E-state index contributed by atoms with van der Waals surface area (Å²) in [5.41, 5.74) is 3.56. The number of benzene rings is 1. The van der Waals surface area contributed by atoms with Crippen LogP contribution in [0.5, 0.6) is 11.5 Å². The third-order valence-electron chi connectivity index (χ3n) is 5.88. The maximum absolute atomic E-state index is 14.4. The number of amides is 1. The number of aromatic amines is 1. The van der Waals surface area contributed by atoms with E-state index in [2.05, 4.69) is 25.9 Å². The Morgan fingerprint density at radius 2 is 2.21 bits per heavy atom. The van der Waals surface area contributed by atoms with Crippen molar-refractivity contribution in [2.24, 2.45) is 0 Å². The van der Waals surface area contributed by atoms with E-state index in [1.165, 1.54) is 13.2 Å². The summed E-state index contributed by atoms with van der Waals surface area (Å²) in [6.45, 7) is 3.05. The van der Waals surface area contributed by atoms with Crippen molar-refractivity contribution in [3.8, 4) is 22.8 Å². The molecule has 34 heavy (non-hydrogen) atoms. The number of nitrogens with one attached hydrogen (secondary N) is 4. The Balaban J connectivity index is 1.55. The molecule has 0 aliphatic carbocycles. The first-order valence-electron chi connectivity index (χ1n) is 11.2. The Labute approximate surface area is 196 Å². The van der Waals surface area contributed by atoms with Gasteiger partial charge in [0, 0.05) is 43.5 Å². The van der Waals surface area contributed by atoms with Gasteiger partial charge in [0.1, 0.15) is 18.5 Å². The van der Waals surface area contributed by atoms with Crippen molar-refractivity contribution < 1.29 is 23.4 Å². The molecule has 178 valence electrons. The van der Waals surface area contributed by atoms with E-state index in [9.17, 15) is 9.18 Å². The van der Waals surface area contributed by atoms with Crippen LogP contribution in [-0.2, 0) is 11.2 Å². The molecule has 2 aliphatic rings. The fourth-order valence-corrected chi connectivity index (χ4v) is 4.27. The molecule has 4 N–H and O–H groups in total. The minimum atomic E-state index is -0.503. The van der Waals surface area contributed by atoms with Crippen molar-refractivity contribution in [2.75, 3.05) is 45.3 Å². The number of aromatic nitrogens is 2. The zero-order valence-electron chi connectivity index (χ0n) is 18.7. The van der Waals surface area contributed by atoms with E-state index in [-0.39, 0.29) is 17.8 Å². The Kier molecular flexibility index (Phi) is 6.33. The van der Waals surface area contributed by atoms with Crippen LogP contribution in [0.25, 0.3) is 11.3 Å². The molecule has 0 radical (unpaired) electrons. The summed E-state index contributed by atoms with van der Waals surface area (Å²) in [4.78, 5) is 20.4. The number of H-pyrrole nitrogens is 1. The molecule has 0 saturated carbocycles. The largest absolute Gasteiger partial charge is 0.492 e. The highest BCUT2D eigenvalue weighted by molar-refractivity contribution is 6.06. The average molecular weight is 468 g/mol. The summed E-state index contributed by atoms with van der Waals surface area (Å²) < 4.78 is 31.5. The fourth-order valence-electron chi connectivity index (χ4n) is 4.27. The molecular formula is C24H26FN5O4. The van der Waals surface area contributed by atoms with Crippen LogP contribution >= 0.6 is 0 Å². The van der Waals surface area contributed by atoms with Gasteiger partial charge in [-0.2, -0.15) is 0 Å². The number of halogens is 1. The minimum Gasteiger partial charge on any atom is -0.492 e. The second-order valence-corrected chi connectivity index (χ2v) is 8.06. The summed E-state index contributed by atoms with van der Waals surface area (Å²) in [5, 5.41) is 9.40. The van der Waals surface area contributed by atoms with Gasteiger partial charge in [-0.25, -0.2) is 4.39 Å². The molecular weight excluding hydrogens is 441 g/mol. The van der Waals surface area contributed by atoms with Gasteiger partial charge in [0.25, 0.3) is 5.91 Å². The number of anilines is 2. The number of ether oxygens (including phenoxy) is 3. The SMILES string of the molecule is COc1c(F)cccc1Nc1c(-c2ccncc2OCC2CNCCO2)[nH]c2c1C(=O)NCC2. The number of pyridine rings is 1. The van der Waals surface area contributed by atoms with Gasteiger partial charge in [0.05, 0.1) is 42.5 Å². The summed E-state index contributed by atoms with van der Waals surface area (Å²) in [6.07, 6.45) is 3.86. The second kappa shape index (κ2) is 9.70. The lowest BCUT2D eigenvalue weighted by molar-refractivity contribution is 0.000245. The first-order chi connectivity index (χ1) is 16.7. The number of hydrogen-bond acceptors (Lipinski definition) is 7. The third-order valence-corrected chi connectivity index (χ3v) is 5.88. The fraction of sp³-hybridized carbons (Fsp3) is 0.333. The zero-order chi connectivity index (χ0) is 23.5. The van der Waals surface area contributed by atoms with Crippen molar-refractivity contribution in [3.63, 3.8) is 0 Å². The highest BCUT2D eigenvalue weighted by atomic mass is 19.1. The third kappa shape index (κ3) is 4.29. The lowest BCUT2D eigenvalue weighted by Gasteiger charge is -2.24. The molecule has 4 heterocycles. The summed E-state index contributed by atoms with van der Waals surface area (Å²) in [6, 6.07) is 6.42. The number of carbonyl (C=O) groups is 1. The highest BCUT2D eigenvalue weighted by Gasteiger charge is 2.29. The molecule has 1 atom stereocenters. The van der Waals surface area contributed by atoms with Crippen LogP contribution in [0.2, 0.25) is 0 Å². The minimum absolute atomic E-state index is 0.0627. The van der Waals surface area contributed by atoms with Crippen molar-refractivity contribution >= 4 is 17.3 Å². The van der Waals surface area contributed by atoms with Crippen LogP contribution in [0.3, 0.4) is 0 Å². The van der Waals surface area contributed by atoms with E-state index in [0.29, 0.717) is 61.1 Å². The molecule has 2 aliphatic heterocycles. The van der Waals surface area contributed by atoms with Gasteiger partial charge in [-0.05, 0) is 18.2 Å². The lowest BCUT2D eigenvalue weighted by atomic mass is 10.0. The number of morpholine rings is 1. The number of nitrogens with zero attached hydrogens (tertiary/aromatic N) is 1. The van der Waals surface area contributed by atoms with Crippen molar-refractivity contribution in [2.45, 2.75) is 12.5 Å². The van der Waals surface area contributed by atoms with Gasteiger partial charge < -0.3 is 35.1 Å². The van der Waals surface area contributed by atoms with Crippen LogP contribution in [-0.4, -0.2) is 61.9 Å². The molecule has 1 saturated heterocycles. The molecule has 3 aromatic rings. The van der Waals surface area contributed by atoms with E-state index in [0.717, 1.165) is 17.8 Å². The molecule has 1 aromatic carbocycles. The van der Waals surface area contributed by atoms with Crippen LogP contribution in [0.4, 0.5) is 15.8 Å². The topological polar surface area (TPSA) is 110 Å². The maximum Gasteiger partial charge on any atom is 0.255 e. The van der Waals surface area contributed by atoms with Crippen LogP contribution < -0.4 is 25.4 Å². The smallest absolute Gasteiger partial charge is 0.255 e. The number of rotatable bonds is 7. The molecule has 5 rings (SSSR count). The number of hydrogen-bond donors (Lipinski definition) is 4. The number of para-hydroxylation sites is 1. The van der Waals surface area contributed by atoms with E-state index in [1.807, 2.05) is 6.07 Å². The molecule has 0 bridgehead atoms. The van der Waals surface area contributed by atoms with Crippen molar-refractivity contribution in [1.29, 1.82) is 0 Å². The Morgan fingerprint density at radius 1 is 1.29 bits per heavy atom. The van der Waals surface area contributed by atoms with E-state index < -0.39 is 5.82 Å². The van der Waals surface area contributed by atoms with Gasteiger partial charge in [0.2, 0.25) is 0 Å². The van der Waals surface area contributed by atoms with Crippen molar-refractivity contribution in [1.82, 2.24) is 20.6 Å². The van der Waals surface area contributed by atoms with Crippen LogP contribution in [0, 0.1) is 5.82 Å². The number of carbonyl (C=O) groups excluding carboxylic acids is 1. The predicted octanol–water partition coefficient (Wildman–Crippen LogP) is 2.62. The Bertz CT molecular complexity index is 1190. The maximum atomic E-state index is 14.4. The lowest BCUT2D eigenvalue weighted by Crippen LogP contribution is -2.41. The summed E-state index contributed by atoms with van der Waals surface area (Å²) >= 11 is 0. The van der Waals surface area contributed by atoms with Crippen molar-refractivity contribution in [3.05, 3.63) is 53.7 Å². The predicted molar refractivity (Wildman–Crippen MR) is 124 cm³/mol. The van der Waals surface area contributed by atoms with Crippen LogP contribution in [0.1, 0.15) is 16.1 Å². The molecule has 0 spiro atoms. The monoisotopic (exact) mass is 467 g/mol. The summed E-state index contributed by atoms with van der Waals surface area (Å²) in [7, 11) is 1.40. The standard InChI is InChI=1S/C24H26FN5O4/c1-32-23-16(25)3-2-4-18(23)30-22-20-17(6-8-28-24(20)31)29-21(22)15-5-7-26-12-19(15)34-13-14-11-27-9-10-33-14/h2-5,7,12,14,27,29-30H,6,8-11,13H2,1H3,(H,28,31). The molecule has 1 fully saturated rings. The molecule has 1 amide bonds. The summed E-state index contributed by atoms with van der Waals surface area (Å²) in [5.74, 6) is -0.102. The first kappa shape index (κ1) is 22.2. The van der Waals surface area contributed by atoms with Gasteiger partial charge in [-0.15, -0.1) is 0 Å². The molecule has 1 unspecified atom stereocenters. The highest BCUT2D eigenvalue weighted by Crippen LogP contribution is 2.42. The van der Waals surface area contributed by atoms with E-state index >= 15 is 0 Å². The Morgan fingerprint density at radius 3 is 3.03 bits per heavy atom. The number of methoxy groups -OCH3 is 1. The van der Waals surface area contributed by atoms with Gasteiger partial charge >= 0.3 is 0 Å². The second-order valence-electron chi connectivity index (χ2n) is 8.06. The molecule has 10 heteroatoms.